The Morgan fingerprint density at radius 3 is 2.62 bits per heavy atom. The fraction of sp³-hybridized carbons (Fsp3) is 0.600. The summed E-state index contributed by atoms with van der Waals surface area (Å²) in [6.45, 7) is 11.9. The lowest BCUT2D eigenvalue weighted by Gasteiger charge is -2.56. The van der Waals surface area contributed by atoms with E-state index >= 15 is 0 Å². The Morgan fingerprint density at radius 1 is 1.28 bits per heavy atom. The molecule has 0 saturated carbocycles. The normalized spacial score (nSPS) is 28.8. The molecule has 0 unspecified atom stereocenters. The number of hydrogen-bond acceptors (Lipinski definition) is 3. The van der Waals surface area contributed by atoms with Gasteiger partial charge in [0.25, 0.3) is 0 Å². The van der Waals surface area contributed by atoms with Crippen LogP contribution < -0.4 is 0 Å². The average molecular weight is 463 g/mol. The third-order valence-electron chi connectivity index (χ3n) is 7.50. The van der Waals surface area contributed by atoms with E-state index in [-0.39, 0.29) is 41.6 Å². The second-order valence-corrected chi connectivity index (χ2v) is 10.8. The van der Waals surface area contributed by atoms with Crippen LogP contribution in [0.4, 0.5) is 4.39 Å². The Labute approximate surface area is 194 Å². The Balaban J connectivity index is 1.52. The highest BCUT2D eigenvalue weighted by atomic mass is 35.5. The van der Waals surface area contributed by atoms with Gasteiger partial charge >= 0.3 is 0 Å². The van der Waals surface area contributed by atoms with Gasteiger partial charge in [-0.05, 0) is 58.2 Å². The maximum Gasteiger partial charge on any atom is 0.245 e. The molecule has 0 aromatic heterocycles. The second kappa shape index (κ2) is 8.45. The van der Waals surface area contributed by atoms with E-state index < -0.39 is 11.5 Å². The molecule has 3 saturated heterocycles. The molecular weight excluding hydrogens is 431 g/mol. The van der Waals surface area contributed by atoms with Crippen molar-refractivity contribution < 1.29 is 18.7 Å². The molecule has 3 atom stereocenters. The topological polar surface area (TPSA) is 49.9 Å². The molecule has 2 amide bonds. The van der Waals surface area contributed by atoms with Crippen molar-refractivity contribution >= 4 is 23.4 Å². The summed E-state index contributed by atoms with van der Waals surface area (Å²) < 4.78 is 20.9. The standard InChI is InChI=1S/C25H32ClFN2O3/c1-5-21(30)28-14-25(15-28)9-10-29(16(2)11-25)23(31)18-13-32-24(3,4)12-17(18)22-19(26)7-6-8-20(22)27/h5-8,16-18H,1,9-15H2,2-4H3/t16-,17+,18-/m0/s1. The number of piperidine rings is 1. The summed E-state index contributed by atoms with van der Waals surface area (Å²) in [5, 5.41) is 0.359. The number of nitrogens with zero attached hydrogens (tertiary/aromatic N) is 2. The molecule has 3 aliphatic heterocycles. The highest BCUT2D eigenvalue weighted by Crippen LogP contribution is 2.46. The zero-order valence-electron chi connectivity index (χ0n) is 19.1. The van der Waals surface area contributed by atoms with Crippen LogP contribution in [-0.2, 0) is 14.3 Å². The minimum atomic E-state index is -0.478. The number of likely N-dealkylation sites (tertiary alicyclic amines) is 2. The Morgan fingerprint density at radius 2 is 2.00 bits per heavy atom. The maximum atomic E-state index is 14.8. The van der Waals surface area contributed by atoms with Crippen LogP contribution in [0.2, 0.25) is 5.02 Å². The van der Waals surface area contributed by atoms with Gasteiger partial charge in [0, 0.05) is 47.6 Å². The van der Waals surface area contributed by atoms with E-state index in [1.165, 1.54) is 12.1 Å². The molecule has 1 aromatic rings. The van der Waals surface area contributed by atoms with Gasteiger partial charge in [0.2, 0.25) is 11.8 Å². The predicted molar refractivity (Wildman–Crippen MR) is 122 cm³/mol. The van der Waals surface area contributed by atoms with Gasteiger partial charge in [-0.25, -0.2) is 4.39 Å². The summed E-state index contributed by atoms with van der Waals surface area (Å²) in [6, 6.07) is 4.73. The van der Waals surface area contributed by atoms with Crippen molar-refractivity contribution in [3.05, 3.63) is 47.3 Å². The lowest BCUT2D eigenvalue weighted by molar-refractivity contribution is -0.160. The number of hydrogen-bond donors (Lipinski definition) is 0. The molecule has 0 aliphatic carbocycles. The smallest absolute Gasteiger partial charge is 0.245 e. The van der Waals surface area contributed by atoms with E-state index in [0.717, 1.165) is 25.9 Å². The molecule has 5 nitrogen and oxygen atoms in total. The SMILES string of the molecule is C=CC(=O)N1CC2(CCN(C(=O)[C@H]3COC(C)(C)C[C@H]3c3c(F)cccc3Cl)[C@@H](C)C2)C1. The molecule has 32 heavy (non-hydrogen) atoms. The van der Waals surface area contributed by atoms with Crippen LogP contribution in [0, 0.1) is 17.2 Å². The highest BCUT2D eigenvalue weighted by molar-refractivity contribution is 6.31. The van der Waals surface area contributed by atoms with Gasteiger partial charge in [0.1, 0.15) is 5.82 Å². The van der Waals surface area contributed by atoms with E-state index in [0.29, 0.717) is 23.6 Å². The lowest BCUT2D eigenvalue weighted by Crippen LogP contribution is -2.64. The number of benzene rings is 1. The van der Waals surface area contributed by atoms with Gasteiger partial charge in [-0.1, -0.05) is 24.2 Å². The summed E-state index contributed by atoms with van der Waals surface area (Å²) in [6.07, 6.45) is 3.58. The first-order valence-electron chi connectivity index (χ1n) is 11.4. The molecule has 3 heterocycles. The summed E-state index contributed by atoms with van der Waals surface area (Å²) >= 11 is 6.41. The zero-order chi connectivity index (χ0) is 23.3. The average Bonchev–Trinajstić information content (AvgIpc) is 2.70. The second-order valence-electron chi connectivity index (χ2n) is 10.4. The quantitative estimate of drug-likeness (QED) is 0.625. The summed E-state index contributed by atoms with van der Waals surface area (Å²) in [7, 11) is 0. The number of amides is 2. The maximum absolute atomic E-state index is 14.8. The lowest BCUT2D eigenvalue weighted by atomic mass is 9.69. The number of halogens is 2. The molecule has 1 aromatic carbocycles. The van der Waals surface area contributed by atoms with E-state index in [9.17, 15) is 14.0 Å². The highest BCUT2D eigenvalue weighted by Gasteiger charge is 2.51. The van der Waals surface area contributed by atoms with E-state index in [1.54, 1.807) is 12.1 Å². The van der Waals surface area contributed by atoms with Crippen LogP contribution in [0.1, 0.15) is 51.5 Å². The predicted octanol–water partition coefficient (Wildman–Crippen LogP) is 4.40. The molecule has 0 bridgehead atoms. The molecule has 174 valence electrons. The van der Waals surface area contributed by atoms with Crippen LogP contribution in [0.25, 0.3) is 0 Å². The molecule has 3 aliphatic rings. The molecule has 7 heteroatoms. The van der Waals surface area contributed by atoms with Crippen molar-refractivity contribution in [2.45, 2.75) is 57.6 Å². The molecular formula is C25H32ClFN2O3. The van der Waals surface area contributed by atoms with Crippen molar-refractivity contribution in [1.29, 1.82) is 0 Å². The largest absolute Gasteiger partial charge is 0.375 e. The third-order valence-corrected chi connectivity index (χ3v) is 7.83. The number of carbonyl (C=O) groups excluding carboxylic acids is 2. The minimum absolute atomic E-state index is 0.00511. The number of ether oxygens (including phenoxy) is 1. The van der Waals surface area contributed by atoms with Crippen molar-refractivity contribution in [2.75, 3.05) is 26.2 Å². The Hall–Kier alpha value is -1.92. The fourth-order valence-electron chi connectivity index (χ4n) is 5.87. The van der Waals surface area contributed by atoms with E-state index in [1.807, 2.05) is 23.6 Å². The van der Waals surface area contributed by atoms with Crippen LogP contribution in [0.15, 0.2) is 30.9 Å². The van der Waals surface area contributed by atoms with Gasteiger partial charge in [0.05, 0.1) is 18.1 Å². The minimum Gasteiger partial charge on any atom is -0.375 e. The number of carbonyl (C=O) groups is 2. The zero-order valence-corrected chi connectivity index (χ0v) is 19.8. The molecule has 3 fully saturated rings. The molecule has 0 radical (unpaired) electrons. The van der Waals surface area contributed by atoms with Gasteiger partial charge < -0.3 is 14.5 Å². The van der Waals surface area contributed by atoms with Crippen molar-refractivity contribution in [3.8, 4) is 0 Å². The summed E-state index contributed by atoms with van der Waals surface area (Å²) in [5.74, 6) is -1.22. The van der Waals surface area contributed by atoms with Crippen LogP contribution >= 0.6 is 11.6 Å². The van der Waals surface area contributed by atoms with Crippen LogP contribution in [0.5, 0.6) is 0 Å². The van der Waals surface area contributed by atoms with Crippen LogP contribution in [-0.4, -0.2) is 59.5 Å². The van der Waals surface area contributed by atoms with Gasteiger partial charge in [0.15, 0.2) is 0 Å². The fourth-order valence-corrected chi connectivity index (χ4v) is 6.17. The van der Waals surface area contributed by atoms with Gasteiger partial charge in [-0.2, -0.15) is 0 Å². The van der Waals surface area contributed by atoms with Crippen molar-refractivity contribution in [1.82, 2.24) is 9.80 Å². The first-order chi connectivity index (χ1) is 15.1. The monoisotopic (exact) mass is 462 g/mol. The summed E-state index contributed by atoms with van der Waals surface area (Å²) in [5.41, 5.74) is 0.0360. The van der Waals surface area contributed by atoms with E-state index in [4.69, 9.17) is 16.3 Å². The third kappa shape index (κ3) is 4.19. The van der Waals surface area contributed by atoms with E-state index in [2.05, 4.69) is 13.5 Å². The number of rotatable bonds is 3. The van der Waals surface area contributed by atoms with Crippen molar-refractivity contribution in [3.63, 3.8) is 0 Å². The summed E-state index contributed by atoms with van der Waals surface area (Å²) in [4.78, 5) is 29.3. The van der Waals surface area contributed by atoms with Crippen molar-refractivity contribution in [2.24, 2.45) is 11.3 Å². The van der Waals surface area contributed by atoms with Gasteiger partial charge in [-0.15, -0.1) is 0 Å². The van der Waals surface area contributed by atoms with Gasteiger partial charge in [-0.3, -0.25) is 9.59 Å². The Bertz CT molecular complexity index is 908. The first kappa shape index (κ1) is 23.2. The molecule has 0 N–H and O–H groups in total. The molecule has 1 spiro atoms. The first-order valence-corrected chi connectivity index (χ1v) is 11.7. The molecule has 4 rings (SSSR count). The van der Waals surface area contributed by atoms with Crippen LogP contribution in [0.3, 0.4) is 0 Å². The Kier molecular flexibility index (Phi) is 6.14.